The first-order chi connectivity index (χ1) is 18.0. The average molecular weight is 505 g/mol. The first-order valence-corrected chi connectivity index (χ1v) is 13.4. The molecule has 0 spiro atoms. The van der Waals surface area contributed by atoms with Crippen LogP contribution in [0.2, 0.25) is 0 Å². The first kappa shape index (κ1) is 26.4. The SMILES string of the molecule is O=C(CCCC(=O)Nc1ccccc1C(=O)N1CCCCC1)Nc1ccccc1C(=O)N1CCCCC1. The molecular weight excluding hydrogens is 468 g/mol. The molecule has 2 N–H and O–H groups in total. The fraction of sp³-hybridized carbons (Fsp3) is 0.448. The summed E-state index contributed by atoms with van der Waals surface area (Å²) in [5.74, 6) is -0.611. The van der Waals surface area contributed by atoms with E-state index in [4.69, 9.17) is 0 Å². The van der Waals surface area contributed by atoms with Crippen molar-refractivity contribution >= 4 is 35.0 Å². The molecule has 37 heavy (non-hydrogen) atoms. The Morgan fingerprint density at radius 1 is 0.568 bits per heavy atom. The third-order valence-electron chi connectivity index (χ3n) is 6.96. The number of hydrogen-bond acceptors (Lipinski definition) is 4. The highest BCUT2D eigenvalue weighted by Gasteiger charge is 2.22. The number of nitrogens with zero attached hydrogens (tertiary/aromatic N) is 2. The van der Waals surface area contributed by atoms with Crippen LogP contribution >= 0.6 is 0 Å². The van der Waals surface area contributed by atoms with Gasteiger partial charge in [0.1, 0.15) is 0 Å². The number of benzene rings is 2. The van der Waals surface area contributed by atoms with Crippen molar-refractivity contribution < 1.29 is 19.2 Å². The Labute approximate surface area is 218 Å². The summed E-state index contributed by atoms with van der Waals surface area (Å²) in [5, 5.41) is 5.69. The van der Waals surface area contributed by atoms with Gasteiger partial charge in [0.2, 0.25) is 11.8 Å². The van der Waals surface area contributed by atoms with E-state index in [2.05, 4.69) is 10.6 Å². The Morgan fingerprint density at radius 2 is 0.946 bits per heavy atom. The molecule has 0 aromatic heterocycles. The van der Waals surface area contributed by atoms with Gasteiger partial charge in [-0.15, -0.1) is 0 Å². The molecule has 2 aromatic carbocycles. The van der Waals surface area contributed by atoms with E-state index in [1.165, 1.54) is 0 Å². The fourth-order valence-corrected chi connectivity index (χ4v) is 4.93. The van der Waals surface area contributed by atoms with Gasteiger partial charge < -0.3 is 20.4 Å². The minimum Gasteiger partial charge on any atom is -0.339 e. The molecule has 2 aromatic rings. The van der Waals surface area contributed by atoms with Crippen LogP contribution < -0.4 is 10.6 Å². The lowest BCUT2D eigenvalue weighted by Gasteiger charge is -2.27. The second-order valence-electron chi connectivity index (χ2n) is 9.75. The van der Waals surface area contributed by atoms with Crippen molar-refractivity contribution in [2.75, 3.05) is 36.8 Å². The largest absolute Gasteiger partial charge is 0.339 e. The number of hydrogen-bond donors (Lipinski definition) is 2. The van der Waals surface area contributed by atoms with Gasteiger partial charge in [0.25, 0.3) is 11.8 Å². The average Bonchev–Trinajstić information content (AvgIpc) is 2.94. The lowest BCUT2D eigenvalue weighted by atomic mass is 10.1. The monoisotopic (exact) mass is 504 g/mol. The van der Waals surface area contributed by atoms with Crippen LogP contribution in [0.5, 0.6) is 0 Å². The van der Waals surface area contributed by atoms with E-state index in [1.807, 2.05) is 9.80 Å². The number of amides is 4. The Kier molecular flexibility index (Phi) is 9.29. The lowest BCUT2D eigenvalue weighted by Crippen LogP contribution is -2.36. The summed E-state index contributed by atoms with van der Waals surface area (Å²) in [6, 6.07) is 14.1. The number of carbonyl (C=O) groups excluding carboxylic acids is 4. The number of para-hydroxylation sites is 2. The van der Waals surface area contributed by atoms with E-state index in [-0.39, 0.29) is 36.5 Å². The summed E-state index contributed by atoms with van der Waals surface area (Å²) in [5.41, 5.74) is 1.98. The van der Waals surface area contributed by atoms with Gasteiger partial charge >= 0.3 is 0 Å². The molecule has 8 heteroatoms. The van der Waals surface area contributed by atoms with Crippen molar-refractivity contribution in [1.82, 2.24) is 9.80 Å². The zero-order chi connectivity index (χ0) is 26.0. The molecule has 0 atom stereocenters. The Hall–Kier alpha value is -3.68. The molecule has 0 radical (unpaired) electrons. The van der Waals surface area contributed by atoms with E-state index in [1.54, 1.807) is 48.5 Å². The van der Waals surface area contributed by atoms with Crippen LogP contribution in [-0.4, -0.2) is 59.6 Å². The standard InChI is InChI=1S/C29H36N4O4/c34-26(30-24-14-5-3-12-22(24)28(36)32-18-7-1-8-19-32)16-11-17-27(35)31-25-15-6-4-13-23(25)29(37)33-20-9-2-10-21-33/h3-6,12-15H,1-2,7-11,16-21H2,(H,30,34)(H,31,35). The van der Waals surface area contributed by atoms with Gasteiger partial charge in [-0.1, -0.05) is 24.3 Å². The van der Waals surface area contributed by atoms with E-state index in [9.17, 15) is 19.2 Å². The highest BCUT2D eigenvalue weighted by atomic mass is 16.2. The molecule has 4 rings (SSSR count). The summed E-state index contributed by atoms with van der Waals surface area (Å²) in [7, 11) is 0. The highest BCUT2D eigenvalue weighted by Crippen LogP contribution is 2.22. The second-order valence-corrected chi connectivity index (χ2v) is 9.75. The van der Waals surface area contributed by atoms with E-state index in [0.29, 0.717) is 28.9 Å². The smallest absolute Gasteiger partial charge is 0.255 e. The van der Waals surface area contributed by atoms with Crippen LogP contribution in [0.15, 0.2) is 48.5 Å². The van der Waals surface area contributed by atoms with Gasteiger partial charge in [-0.2, -0.15) is 0 Å². The lowest BCUT2D eigenvalue weighted by molar-refractivity contribution is -0.117. The van der Waals surface area contributed by atoms with Gasteiger partial charge in [0.05, 0.1) is 22.5 Å². The van der Waals surface area contributed by atoms with Crippen molar-refractivity contribution in [3.8, 4) is 0 Å². The van der Waals surface area contributed by atoms with Crippen LogP contribution in [0, 0.1) is 0 Å². The Morgan fingerprint density at radius 3 is 1.35 bits per heavy atom. The van der Waals surface area contributed by atoms with Crippen LogP contribution in [-0.2, 0) is 9.59 Å². The molecule has 2 aliphatic rings. The normalized spacial score (nSPS) is 15.7. The van der Waals surface area contributed by atoms with Crippen LogP contribution in [0.1, 0.15) is 78.5 Å². The molecule has 0 unspecified atom stereocenters. The molecule has 2 saturated heterocycles. The quantitative estimate of drug-likeness (QED) is 0.545. The van der Waals surface area contributed by atoms with Gasteiger partial charge in [-0.05, 0) is 69.2 Å². The van der Waals surface area contributed by atoms with Crippen LogP contribution in [0.25, 0.3) is 0 Å². The molecule has 2 heterocycles. The van der Waals surface area contributed by atoms with Crippen molar-refractivity contribution in [2.24, 2.45) is 0 Å². The molecule has 0 saturated carbocycles. The summed E-state index contributed by atoms with van der Waals surface area (Å²) in [4.78, 5) is 54.8. The zero-order valence-electron chi connectivity index (χ0n) is 21.3. The number of anilines is 2. The second kappa shape index (κ2) is 13.0. The predicted octanol–water partition coefficient (Wildman–Crippen LogP) is 4.69. The maximum absolute atomic E-state index is 13.0. The molecule has 0 bridgehead atoms. The third-order valence-corrected chi connectivity index (χ3v) is 6.96. The van der Waals surface area contributed by atoms with Gasteiger partial charge in [0, 0.05) is 39.0 Å². The minimum atomic E-state index is -0.243. The first-order valence-electron chi connectivity index (χ1n) is 13.4. The van der Waals surface area contributed by atoms with Gasteiger partial charge in [-0.3, -0.25) is 19.2 Å². The van der Waals surface area contributed by atoms with Crippen molar-refractivity contribution in [2.45, 2.75) is 57.8 Å². The van der Waals surface area contributed by atoms with Crippen molar-refractivity contribution in [3.05, 3.63) is 59.7 Å². The Bertz CT molecular complexity index is 1030. The molecule has 2 fully saturated rings. The minimum absolute atomic E-state index is 0.0623. The van der Waals surface area contributed by atoms with E-state index >= 15 is 0 Å². The molecule has 196 valence electrons. The van der Waals surface area contributed by atoms with E-state index in [0.717, 1.165) is 64.7 Å². The van der Waals surface area contributed by atoms with Crippen molar-refractivity contribution in [3.63, 3.8) is 0 Å². The number of rotatable bonds is 8. The number of nitrogens with one attached hydrogen (secondary N) is 2. The number of carbonyl (C=O) groups is 4. The highest BCUT2D eigenvalue weighted by molar-refractivity contribution is 6.05. The van der Waals surface area contributed by atoms with Crippen LogP contribution in [0.4, 0.5) is 11.4 Å². The molecule has 4 amide bonds. The Balaban J connectivity index is 1.27. The maximum atomic E-state index is 13.0. The molecule has 8 nitrogen and oxygen atoms in total. The van der Waals surface area contributed by atoms with Gasteiger partial charge in [0.15, 0.2) is 0 Å². The topological polar surface area (TPSA) is 98.8 Å². The number of likely N-dealkylation sites (tertiary alicyclic amines) is 2. The van der Waals surface area contributed by atoms with Gasteiger partial charge in [-0.25, -0.2) is 0 Å². The summed E-state index contributed by atoms with van der Waals surface area (Å²) >= 11 is 0. The summed E-state index contributed by atoms with van der Waals surface area (Å²) < 4.78 is 0. The predicted molar refractivity (Wildman–Crippen MR) is 144 cm³/mol. The maximum Gasteiger partial charge on any atom is 0.255 e. The summed E-state index contributed by atoms with van der Waals surface area (Å²) in [6.45, 7) is 2.96. The number of piperidine rings is 2. The van der Waals surface area contributed by atoms with E-state index < -0.39 is 0 Å². The molecule has 0 aliphatic carbocycles. The fourth-order valence-electron chi connectivity index (χ4n) is 4.93. The van der Waals surface area contributed by atoms with Crippen LogP contribution in [0.3, 0.4) is 0 Å². The zero-order valence-corrected chi connectivity index (χ0v) is 21.3. The summed E-state index contributed by atoms with van der Waals surface area (Å²) in [6.07, 6.45) is 6.91. The third kappa shape index (κ3) is 7.18. The molecular formula is C29H36N4O4. The molecule has 2 aliphatic heterocycles. The van der Waals surface area contributed by atoms with Crippen molar-refractivity contribution in [1.29, 1.82) is 0 Å².